The molecule has 0 bridgehead atoms. The number of rotatable bonds is 5. The van der Waals surface area contributed by atoms with E-state index in [9.17, 15) is 4.79 Å². The van der Waals surface area contributed by atoms with Crippen LogP contribution in [0.3, 0.4) is 0 Å². The van der Waals surface area contributed by atoms with E-state index in [0.29, 0.717) is 13.1 Å². The number of nitrogens with one attached hydrogen (secondary N) is 1. The summed E-state index contributed by atoms with van der Waals surface area (Å²) >= 11 is 1.65. The van der Waals surface area contributed by atoms with Crippen molar-refractivity contribution >= 4 is 17.2 Å². The molecule has 0 spiro atoms. The molecular formula is C13H17N3OS. The molecule has 2 rings (SSSR count). The summed E-state index contributed by atoms with van der Waals surface area (Å²) in [6, 6.07) is 3.82. The largest absolute Gasteiger partial charge is 0.354 e. The van der Waals surface area contributed by atoms with Gasteiger partial charge in [0, 0.05) is 35.9 Å². The molecule has 0 saturated carbocycles. The molecule has 2 heterocycles. The van der Waals surface area contributed by atoms with Gasteiger partial charge >= 0.3 is 0 Å². The predicted octanol–water partition coefficient (Wildman–Crippen LogP) is 2.17. The van der Waals surface area contributed by atoms with Gasteiger partial charge in [-0.2, -0.15) is 0 Å². The fourth-order valence-corrected chi connectivity index (χ4v) is 2.51. The lowest BCUT2D eigenvalue weighted by atomic mass is 10.2. The van der Waals surface area contributed by atoms with Gasteiger partial charge in [0.05, 0.1) is 5.01 Å². The van der Waals surface area contributed by atoms with Crippen LogP contribution >= 0.6 is 11.3 Å². The first-order chi connectivity index (χ1) is 8.65. The quantitative estimate of drug-likeness (QED) is 0.898. The van der Waals surface area contributed by atoms with Crippen LogP contribution in [0.5, 0.6) is 0 Å². The summed E-state index contributed by atoms with van der Waals surface area (Å²) in [7, 11) is 0. The molecule has 1 amide bonds. The molecule has 96 valence electrons. The van der Waals surface area contributed by atoms with Crippen molar-refractivity contribution in [1.29, 1.82) is 0 Å². The fraction of sp³-hybridized carbons (Fsp3) is 0.385. The highest BCUT2D eigenvalue weighted by Gasteiger charge is 2.11. The molecule has 0 aliphatic carbocycles. The van der Waals surface area contributed by atoms with E-state index < -0.39 is 0 Å². The number of carbonyl (C=O) groups excluding carboxylic acids is 1. The zero-order chi connectivity index (χ0) is 13.0. The molecule has 18 heavy (non-hydrogen) atoms. The van der Waals surface area contributed by atoms with E-state index in [0.717, 1.165) is 10.7 Å². The summed E-state index contributed by atoms with van der Waals surface area (Å²) in [4.78, 5) is 16.1. The molecule has 0 fully saturated rings. The highest BCUT2D eigenvalue weighted by atomic mass is 32.1. The fourth-order valence-electron chi connectivity index (χ4n) is 1.65. The minimum absolute atomic E-state index is 0.0336. The Hall–Kier alpha value is -1.62. The monoisotopic (exact) mass is 263 g/mol. The lowest BCUT2D eigenvalue weighted by molar-refractivity contribution is -0.121. The number of hydrogen-bond acceptors (Lipinski definition) is 3. The highest BCUT2D eigenvalue weighted by Crippen LogP contribution is 2.18. The molecule has 5 heteroatoms. The van der Waals surface area contributed by atoms with E-state index in [2.05, 4.69) is 17.2 Å². The molecule has 4 nitrogen and oxygen atoms in total. The third-order valence-corrected chi connectivity index (χ3v) is 3.85. The lowest BCUT2D eigenvalue weighted by Gasteiger charge is -2.10. The van der Waals surface area contributed by atoms with Gasteiger partial charge in [-0.3, -0.25) is 4.79 Å². The zero-order valence-corrected chi connectivity index (χ0v) is 11.4. The van der Waals surface area contributed by atoms with E-state index in [1.807, 2.05) is 41.4 Å². The maximum Gasteiger partial charge on any atom is 0.239 e. The molecule has 1 N–H and O–H groups in total. The van der Waals surface area contributed by atoms with Crippen LogP contribution in [0.15, 0.2) is 29.9 Å². The van der Waals surface area contributed by atoms with Crippen molar-refractivity contribution < 1.29 is 4.79 Å². The minimum atomic E-state index is 0.0336. The molecule has 0 aliphatic heterocycles. The van der Waals surface area contributed by atoms with Crippen molar-refractivity contribution in [3.63, 3.8) is 0 Å². The second-order valence-electron chi connectivity index (χ2n) is 4.39. The van der Waals surface area contributed by atoms with Crippen molar-refractivity contribution in [3.05, 3.63) is 40.6 Å². The number of hydrogen-bond donors (Lipinski definition) is 1. The molecule has 2 aromatic rings. The Balaban J connectivity index is 1.79. The number of thiazole rings is 1. The maximum absolute atomic E-state index is 11.7. The molecule has 0 unspecified atom stereocenters. The van der Waals surface area contributed by atoms with Crippen molar-refractivity contribution in [1.82, 2.24) is 14.9 Å². The Kier molecular flexibility index (Phi) is 4.15. The van der Waals surface area contributed by atoms with Crippen LogP contribution in [0.1, 0.15) is 23.5 Å². The molecule has 0 saturated heterocycles. The Morgan fingerprint density at radius 2 is 2.22 bits per heavy atom. The van der Waals surface area contributed by atoms with Crippen LogP contribution in [0.25, 0.3) is 0 Å². The van der Waals surface area contributed by atoms with Crippen LogP contribution in [0.2, 0.25) is 0 Å². The Morgan fingerprint density at radius 1 is 1.50 bits per heavy atom. The second kappa shape index (κ2) is 5.82. The van der Waals surface area contributed by atoms with Gasteiger partial charge in [-0.15, -0.1) is 11.3 Å². The summed E-state index contributed by atoms with van der Waals surface area (Å²) in [6.07, 6.45) is 3.76. The van der Waals surface area contributed by atoms with Crippen LogP contribution in [0.4, 0.5) is 0 Å². The van der Waals surface area contributed by atoms with Crippen molar-refractivity contribution in [2.24, 2.45) is 0 Å². The van der Waals surface area contributed by atoms with Crippen molar-refractivity contribution in [2.75, 3.05) is 6.54 Å². The van der Waals surface area contributed by atoms with Crippen molar-refractivity contribution in [3.8, 4) is 0 Å². The normalized spacial score (nSPS) is 12.3. The van der Waals surface area contributed by atoms with Gasteiger partial charge in [-0.1, -0.05) is 6.92 Å². The average molecular weight is 263 g/mol. The number of nitrogens with zero attached hydrogens (tertiary/aromatic N) is 2. The second-order valence-corrected chi connectivity index (χ2v) is 5.28. The van der Waals surface area contributed by atoms with Gasteiger partial charge in [0.25, 0.3) is 0 Å². The van der Waals surface area contributed by atoms with Crippen LogP contribution in [-0.2, 0) is 11.3 Å². The smallest absolute Gasteiger partial charge is 0.239 e. The molecule has 0 radical (unpaired) electrons. The van der Waals surface area contributed by atoms with E-state index in [1.165, 1.54) is 0 Å². The first kappa shape index (κ1) is 12.8. The minimum Gasteiger partial charge on any atom is -0.354 e. The number of aryl methyl sites for hydroxylation is 1. The molecular weight excluding hydrogens is 246 g/mol. The third-order valence-electron chi connectivity index (χ3n) is 2.66. The zero-order valence-electron chi connectivity index (χ0n) is 10.6. The van der Waals surface area contributed by atoms with Gasteiger partial charge in [-0.05, 0) is 19.1 Å². The Labute approximate surface area is 111 Å². The molecule has 1 atom stereocenters. The van der Waals surface area contributed by atoms with Crippen molar-refractivity contribution in [2.45, 2.75) is 26.3 Å². The van der Waals surface area contributed by atoms with Gasteiger partial charge < -0.3 is 9.88 Å². The SMILES string of the molecule is Cc1csc([C@H](C)CNC(=O)Cn2cccc2)n1. The van der Waals surface area contributed by atoms with E-state index >= 15 is 0 Å². The number of amides is 1. The summed E-state index contributed by atoms with van der Waals surface area (Å²) in [5, 5.41) is 6.05. The molecule has 2 aromatic heterocycles. The topological polar surface area (TPSA) is 46.9 Å². The maximum atomic E-state index is 11.7. The number of aromatic nitrogens is 2. The van der Waals surface area contributed by atoms with E-state index in [4.69, 9.17) is 0 Å². The van der Waals surface area contributed by atoms with Crippen LogP contribution in [-0.4, -0.2) is 22.0 Å². The van der Waals surface area contributed by atoms with Crippen LogP contribution in [0, 0.1) is 6.92 Å². The summed E-state index contributed by atoms with van der Waals surface area (Å²) in [5.74, 6) is 0.295. The van der Waals surface area contributed by atoms with Gasteiger partial charge in [0.2, 0.25) is 5.91 Å². The Bertz CT molecular complexity index is 504. The van der Waals surface area contributed by atoms with Crippen LogP contribution < -0.4 is 5.32 Å². The van der Waals surface area contributed by atoms with E-state index in [1.54, 1.807) is 11.3 Å². The lowest BCUT2D eigenvalue weighted by Crippen LogP contribution is -2.30. The highest BCUT2D eigenvalue weighted by molar-refractivity contribution is 7.09. The van der Waals surface area contributed by atoms with Gasteiger partial charge in [-0.25, -0.2) is 4.98 Å². The third kappa shape index (κ3) is 3.43. The average Bonchev–Trinajstić information content (AvgIpc) is 2.97. The number of carbonyl (C=O) groups is 1. The van der Waals surface area contributed by atoms with Gasteiger partial charge in [0.1, 0.15) is 6.54 Å². The summed E-state index contributed by atoms with van der Waals surface area (Å²) in [6.45, 7) is 5.06. The first-order valence-corrected chi connectivity index (χ1v) is 6.82. The first-order valence-electron chi connectivity index (χ1n) is 5.94. The predicted molar refractivity (Wildman–Crippen MR) is 72.7 cm³/mol. The summed E-state index contributed by atoms with van der Waals surface area (Å²) < 4.78 is 1.85. The van der Waals surface area contributed by atoms with E-state index in [-0.39, 0.29) is 11.8 Å². The Morgan fingerprint density at radius 3 is 2.83 bits per heavy atom. The molecule has 0 aliphatic rings. The van der Waals surface area contributed by atoms with Gasteiger partial charge in [0.15, 0.2) is 0 Å². The standard InChI is InChI=1S/C13H17N3OS/c1-10(13-15-11(2)9-18-13)7-14-12(17)8-16-5-3-4-6-16/h3-6,9-10H,7-8H2,1-2H3,(H,14,17)/t10-/m1/s1. The summed E-state index contributed by atoms with van der Waals surface area (Å²) in [5.41, 5.74) is 1.04. The molecule has 0 aromatic carbocycles.